The zero-order chi connectivity index (χ0) is 22.0. The fraction of sp³-hybridized carbons (Fsp3) is 0.583. The molecule has 1 aromatic carbocycles. The van der Waals surface area contributed by atoms with Gasteiger partial charge in [-0.1, -0.05) is 12.1 Å². The molecule has 1 aromatic heterocycles. The maximum Gasteiger partial charge on any atom is 0.192 e. The van der Waals surface area contributed by atoms with E-state index in [2.05, 4.69) is 51.9 Å². The topological polar surface area (TPSA) is 54.1 Å². The van der Waals surface area contributed by atoms with Gasteiger partial charge in [-0.3, -0.25) is 4.99 Å². The maximum absolute atomic E-state index is 5.55. The van der Waals surface area contributed by atoms with Crippen molar-refractivity contribution in [3.63, 3.8) is 0 Å². The lowest BCUT2D eigenvalue weighted by Crippen LogP contribution is -2.34. The highest BCUT2D eigenvalue weighted by molar-refractivity contribution is 7.99. The third kappa shape index (κ3) is 4.48. The molecular formula is C24H34N4O2S. The molecule has 1 aliphatic heterocycles. The Morgan fingerprint density at radius 3 is 3.03 bits per heavy atom. The van der Waals surface area contributed by atoms with Crippen LogP contribution in [0.15, 0.2) is 40.1 Å². The van der Waals surface area contributed by atoms with Gasteiger partial charge in [0.2, 0.25) is 0 Å². The van der Waals surface area contributed by atoms with Crippen molar-refractivity contribution in [3.8, 4) is 5.75 Å². The zero-order valence-electron chi connectivity index (χ0n) is 19.3. The molecule has 1 saturated carbocycles. The highest BCUT2D eigenvalue weighted by Crippen LogP contribution is 2.59. The molecule has 3 atom stereocenters. The van der Waals surface area contributed by atoms with Crippen LogP contribution in [0.25, 0.3) is 0 Å². The van der Waals surface area contributed by atoms with E-state index in [1.165, 1.54) is 44.4 Å². The van der Waals surface area contributed by atoms with Crippen LogP contribution in [0.5, 0.6) is 5.75 Å². The van der Waals surface area contributed by atoms with Crippen molar-refractivity contribution in [1.29, 1.82) is 0 Å². The normalized spacial score (nSPS) is 24.2. The van der Waals surface area contributed by atoms with Gasteiger partial charge in [-0.05, 0) is 62.6 Å². The number of thioether (sulfide) groups is 1. The predicted molar refractivity (Wildman–Crippen MR) is 127 cm³/mol. The molecule has 0 N–H and O–H groups in total. The van der Waals surface area contributed by atoms with Crippen molar-refractivity contribution in [3.05, 3.63) is 47.7 Å². The Hall–Kier alpha value is -1.99. The van der Waals surface area contributed by atoms with Crippen molar-refractivity contribution in [2.24, 2.45) is 10.9 Å². The molecule has 1 saturated heterocycles. The van der Waals surface area contributed by atoms with Crippen molar-refractivity contribution >= 4 is 17.6 Å². The van der Waals surface area contributed by atoms with Crippen LogP contribution in [0.3, 0.4) is 0 Å². The van der Waals surface area contributed by atoms with Gasteiger partial charge in [0.1, 0.15) is 5.75 Å². The van der Waals surface area contributed by atoms with E-state index in [4.69, 9.17) is 9.15 Å². The van der Waals surface area contributed by atoms with Gasteiger partial charge >= 0.3 is 0 Å². The fourth-order valence-corrected chi connectivity index (χ4v) is 5.86. The summed E-state index contributed by atoms with van der Waals surface area (Å²) in [5.74, 6) is 4.53. The molecule has 0 spiro atoms. The van der Waals surface area contributed by atoms with Crippen LogP contribution in [0.2, 0.25) is 0 Å². The summed E-state index contributed by atoms with van der Waals surface area (Å²) in [5, 5.41) is 0.318. The first-order valence-corrected chi connectivity index (χ1v) is 12.1. The first kappa shape index (κ1) is 22.2. The SMILES string of the molecule is C/N=C(/c1ocnc1C)N(C)C(C)SCCCN1CC2CC2(c2cccc(OC)c2)C1. The number of likely N-dealkylation sites (tertiary alicyclic amines) is 1. The average molecular weight is 443 g/mol. The second kappa shape index (κ2) is 9.25. The lowest BCUT2D eigenvalue weighted by atomic mass is 9.95. The number of aliphatic imine (C=N–C) groups is 1. The summed E-state index contributed by atoms with van der Waals surface area (Å²) in [6, 6.07) is 8.68. The van der Waals surface area contributed by atoms with Crippen molar-refractivity contribution < 1.29 is 9.15 Å². The van der Waals surface area contributed by atoms with Crippen LogP contribution < -0.4 is 4.74 Å². The highest BCUT2D eigenvalue weighted by Gasteiger charge is 2.60. The summed E-state index contributed by atoms with van der Waals surface area (Å²) in [4.78, 5) is 13.5. The fourth-order valence-electron chi connectivity index (χ4n) is 4.90. The molecule has 7 heteroatoms. The number of fused-ring (bicyclic) bond motifs is 1. The minimum absolute atomic E-state index is 0.318. The van der Waals surface area contributed by atoms with Gasteiger partial charge in [-0.15, -0.1) is 11.8 Å². The Balaban J connectivity index is 1.23. The lowest BCUT2D eigenvalue weighted by Gasteiger charge is -2.27. The minimum atomic E-state index is 0.318. The number of benzene rings is 1. The zero-order valence-corrected chi connectivity index (χ0v) is 20.1. The van der Waals surface area contributed by atoms with Gasteiger partial charge in [0.15, 0.2) is 18.0 Å². The Kier molecular flexibility index (Phi) is 6.63. The molecule has 6 nitrogen and oxygen atoms in total. The monoisotopic (exact) mass is 442 g/mol. The number of piperidine rings is 1. The standard InChI is InChI=1S/C24H34N4O2S/c1-17-22(30-16-26-17)23(25-3)27(4)18(2)31-11-7-10-28-14-20-13-24(20,15-28)19-8-6-9-21(12-19)29-5/h6,8-9,12,16,18,20H,7,10-11,13-15H2,1-5H3/b25-23-. The van der Waals surface area contributed by atoms with Crippen molar-refractivity contribution in [2.75, 3.05) is 46.6 Å². The summed E-state index contributed by atoms with van der Waals surface area (Å²) >= 11 is 1.97. The number of ether oxygens (including phenoxy) is 1. The third-order valence-electron chi connectivity index (χ3n) is 6.88. The van der Waals surface area contributed by atoms with Crippen LogP contribution in [0.4, 0.5) is 0 Å². The third-order valence-corrected chi connectivity index (χ3v) is 8.20. The van der Waals surface area contributed by atoms with Crippen molar-refractivity contribution in [1.82, 2.24) is 14.8 Å². The number of aryl methyl sites for hydroxylation is 1. The summed E-state index contributed by atoms with van der Waals surface area (Å²) < 4.78 is 11.0. The molecule has 0 radical (unpaired) electrons. The van der Waals surface area contributed by atoms with Gasteiger partial charge < -0.3 is 19.0 Å². The van der Waals surface area contributed by atoms with Crippen molar-refractivity contribution in [2.45, 2.75) is 37.5 Å². The van der Waals surface area contributed by atoms with Gasteiger partial charge in [0, 0.05) is 32.6 Å². The molecule has 2 aliphatic rings. The van der Waals surface area contributed by atoms with E-state index in [0.29, 0.717) is 10.8 Å². The molecule has 2 fully saturated rings. The number of hydrogen-bond donors (Lipinski definition) is 0. The first-order chi connectivity index (χ1) is 15.0. The van der Waals surface area contributed by atoms with Gasteiger partial charge in [-0.2, -0.15) is 0 Å². The number of methoxy groups -OCH3 is 1. The van der Waals surface area contributed by atoms with Gasteiger partial charge in [-0.25, -0.2) is 4.98 Å². The van der Waals surface area contributed by atoms with Crippen LogP contribution in [-0.2, 0) is 5.41 Å². The highest BCUT2D eigenvalue weighted by atomic mass is 32.2. The molecule has 31 heavy (non-hydrogen) atoms. The van der Waals surface area contributed by atoms with E-state index in [9.17, 15) is 0 Å². The van der Waals surface area contributed by atoms with Gasteiger partial charge in [0.05, 0.1) is 18.2 Å². The summed E-state index contributed by atoms with van der Waals surface area (Å²) in [6.07, 6.45) is 4.01. The molecule has 1 aliphatic carbocycles. The number of rotatable bonds is 9. The quantitative estimate of drug-likeness (QED) is 0.253. The molecule has 2 heterocycles. The molecular weight excluding hydrogens is 408 g/mol. The Morgan fingerprint density at radius 2 is 2.32 bits per heavy atom. The summed E-state index contributed by atoms with van der Waals surface area (Å²) in [7, 11) is 5.63. The van der Waals surface area contributed by atoms with Crippen LogP contribution in [0, 0.1) is 12.8 Å². The van der Waals surface area contributed by atoms with Crippen LogP contribution in [-0.4, -0.2) is 72.6 Å². The van der Waals surface area contributed by atoms with Crippen LogP contribution in [0.1, 0.15) is 36.8 Å². The Morgan fingerprint density at radius 1 is 1.48 bits per heavy atom. The smallest absolute Gasteiger partial charge is 0.192 e. The summed E-state index contributed by atoms with van der Waals surface area (Å²) in [5.41, 5.74) is 2.71. The molecule has 3 unspecified atom stereocenters. The van der Waals surface area contributed by atoms with E-state index < -0.39 is 0 Å². The molecule has 2 aromatic rings. The second-order valence-electron chi connectivity index (χ2n) is 8.77. The first-order valence-electron chi connectivity index (χ1n) is 11.1. The second-order valence-corrected chi connectivity index (χ2v) is 10.2. The number of hydrogen-bond acceptors (Lipinski definition) is 6. The Bertz CT molecular complexity index is 930. The Labute approximate surface area is 190 Å². The van der Waals surface area contributed by atoms with E-state index in [0.717, 1.165) is 34.7 Å². The van der Waals surface area contributed by atoms with E-state index in [-0.39, 0.29) is 0 Å². The predicted octanol–water partition coefficient (Wildman–Crippen LogP) is 4.04. The molecule has 4 rings (SSSR count). The number of amidine groups is 1. The molecule has 0 bridgehead atoms. The molecule has 0 amide bonds. The summed E-state index contributed by atoms with van der Waals surface area (Å²) in [6.45, 7) is 7.76. The number of oxazole rings is 1. The minimum Gasteiger partial charge on any atom is -0.497 e. The maximum atomic E-state index is 5.55. The largest absolute Gasteiger partial charge is 0.497 e. The average Bonchev–Trinajstić information content (AvgIpc) is 3.11. The number of aromatic nitrogens is 1. The van der Waals surface area contributed by atoms with Gasteiger partial charge in [0.25, 0.3) is 0 Å². The lowest BCUT2D eigenvalue weighted by molar-refractivity contribution is 0.299. The van der Waals surface area contributed by atoms with Crippen LogP contribution >= 0.6 is 11.8 Å². The van der Waals surface area contributed by atoms with E-state index in [1.54, 1.807) is 7.11 Å². The molecule has 168 valence electrons. The van der Waals surface area contributed by atoms with E-state index >= 15 is 0 Å². The number of nitrogens with zero attached hydrogens (tertiary/aromatic N) is 4. The van der Waals surface area contributed by atoms with E-state index in [1.807, 2.05) is 31.8 Å².